The Bertz CT molecular complexity index is 1440. The van der Waals surface area contributed by atoms with Crippen molar-refractivity contribution in [2.75, 3.05) is 38.8 Å². The third-order valence-corrected chi connectivity index (χ3v) is 6.81. The molecule has 4 aromatic rings. The molecule has 3 N–H and O–H groups in total. The van der Waals surface area contributed by atoms with E-state index >= 15 is 0 Å². The van der Waals surface area contributed by atoms with E-state index < -0.39 is 30.3 Å². The van der Waals surface area contributed by atoms with Gasteiger partial charge in [-0.2, -0.15) is 9.61 Å². The Kier molecular flexibility index (Phi) is 5.78. The maximum atomic E-state index is 14.8. The minimum atomic E-state index is -1.15. The highest BCUT2D eigenvalue weighted by molar-refractivity contribution is 6.01. The molecule has 0 aromatic carbocycles. The van der Waals surface area contributed by atoms with Gasteiger partial charge in [-0.05, 0) is 18.6 Å². The summed E-state index contributed by atoms with van der Waals surface area (Å²) in [7, 11) is 1.76. The van der Waals surface area contributed by atoms with Gasteiger partial charge < -0.3 is 29.8 Å². The molecule has 2 aliphatic rings. The zero-order chi connectivity index (χ0) is 24.8. The van der Waals surface area contributed by atoms with Crippen LogP contribution in [0.3, 0.4) is 0 Å². The maximum absolute atomic E-state index is 14.8. The van der Waals surface area contributed by atoms with Gasteiger partial charge in [-0.1, -0.05) is 0 Å². The van der Waals surface area contributed by atoms with Gasteiger partial charge in [0.15, 0.2) is 5.65 Å². The highest BCUT2D eigenvalue weighted by Crippen LogP contribution is 2.35. The first kappa shape index (κ1) is 22.8. The Morgan fingerprint density at radius 3 is 2.92 bits per heavy atom. The van der Waals surface area contributed by atoms with Crippen LogP contribution in [-0.2, 0) is 9.47 Å². The predicted octanol–water partition coefficient (Wildman–Crippen LogP) is 1.58. The van der Waals surface area contributed by atoms with E-state index in [1.54, 1.807) is 17.8 Å². The lowest BCUT2D eigenvalue weighted by molar-refractivity contribution is 0.00443. The number of carbonyl (C=O) groups is 1. The number of fused-ring (bicyclic) bond motifs is 2. The first-order valence-electron chi connectivity index (χ1n) is 11.9. The highest BCUT2D eigenvalue weighted by atomic mass is 19.1. The van der Waals surface area contributed by atoms with Crippen molar-refractivity contribution in [1.82, 2.24) is 29.5 Å². The number of pyridine rings is 1. The van der Waals surface area contributed by atoms with Gasteiger partial charge >= 0.3 is 0 Å². The predicted molar refractivity (Wildman–Crippen MR) is 129 cm³/mol. The van der Waals surface area contributed by atoms with E-state index in [-0.39, 0.29) is 25.4 Å². The molecule has 6 heterocycles. The van der Waals surface area contributed by atoms with Crippen molar-refractivity contribution in [1.29, 1.82) is 0 Å². The first-order chi connectivity index (χ1) is 17.5. The Hall–Kier alpha value is -3.61. The Labute approximate surface area is 205 Å². The van der Waals surface area contributed by atoms with Crippen molar-refractivity contribution in [3.63, 3.8) is 0 Å². The molecule has 36 heavy (non-hydrogen) atoms. The van der Waals surface area contributed by atoms with Crippen LogP contribution in [0.2, 0.25) is 0 Å². The van der Waals surface area contributed by atoms with Gasteiger partial charge in [0.1, 0.15) is 23.2 Å². The summed E-state index contributed by atoms with van der Waals surface area (Å²) in [5, 5.41) is 21.1. The molecule has 0 saturated carbocycles. The molecule has 4 atom stereocenters. The molecule has 4 aromatic heterocycles. The number of halogens is 1. The van der Waals surface area contributed by atoms with Crippen molar-refractivity contribution in [3.05, 3.63) is 42.4 Å². The summed E-state index contributed by atoms with van der Waals surface area (Å²) in [5.41, 5.74) is 2.63. The fourth-order valence-corrected chi connectivity index (χ4v) is 4.91. The van der Waals surface area contributed by atoms with Gasteiger partial charge in [-0.25, -0.2) is 14.4 Å². The molecule has 2 aliphatic heterocycles. The topological polar surface area (TPSA) is 128 Å². The molecule has 1 unspecified atom stereocenters. The van der Waals surface area contributed by atoms with Crippen LogP contribution in [-0.4, -0.2) is 87.0 Å². The molecule has 188 valence electrons. The molecule has 0 bridgehead atoms. The Morgan fingerprint density at radius 1 is 1.25 bits per heavy atom. The number of hydrogen-bond acceptors (Lipinski definition) is 8. The molecule has 6 rings (SSSR count). The fourth-order valence-electron chi connectivity index (χ4n) is 4.91. The number of amides is 1. The van der Waals surface area contributed by atoms with E-state index in [0.717, 1.165) is 10.9 Å². The van der Waals surface area contributed by atoms with Gasteiger partial charge in [0.05, 0.1) is 49.9 Å². The minimum absolute atomic E-state index is 0.0512. The summed E-state index contributed by atoms with van der Waals surface area (Å²) >= 11 is 0. The van der Waals surface area contributed by atoms with Gasteiger partial charge in [-0.15, -0.1) is 0 Å². The van der Waals surface area contributed by atoms with Crippen LogP contribution in [0, 0.1) is 0 Å². The molecule has 0 aliphatic carbocycles. The number of alkyl halides is 1. The summed E-state index contributed by atoms with van der Waals surface area (Å²) in [4.78, 5) is 22.4. The van der Waals surface area contributed by atoms with Gasteiger partial charge in [-0.3, -0.25) is 4.79 Å². The smallest absolute Gasteiger partial charge is 0.257 e. The second-order valence-electron chi connectivity index (χ2n) is 9.03. The van der Waals surface area contributed by atoms with E-state index in [1.165, 1.54) is 6.20 Å². The van der Waals surface area contributed by atoms with Crippen molar-refractivity contribution in [2.24, 2.45) is 0 Å². The first-order valence-corrected chi connectivity index (χ1v) is 11.9. The van der Waals surface area contributed by atoms with Crippen LogP contribution in [0.1, 0.15) is 22.8 Å². The summed E-state index contributed by atoms with van der Waals surface area (Å²) in [6.45, 7) is 0.948. The maximum Gasteiger partial charge on any atom is 0.257 e. The molecule has 0 radical (unpaired) electrons. The molecule has 2 saturated heterocycles. The zero-order valence-electron chi connectivity index (χ0n) is 19.6. The number of rotatable bonds is 5. The summed E-state index contributed by atoms with van der Waals surface area (Å²) < 4.78 is 28.8. The van der Waals surface area contributed by atoms with Crippen LogP contribution in [0.5, 0.6) is 0 Å². The molecule has 11 nitrogen and oxygen atoms in total. The van der Waals surface area contributed by atoms with Gasteiger partial charge in [0.2, 0.25) is 0 Å². The monoisotopic (exact) mass is 495 g/mol. The van der Waals surface area contributed by atoms with E-state index in [2.05, 4.69) is 20.7 Å². The van der Waals surface area contributed by atoms with Crippen LogP contribution in [0.25, 0.3) is 27.9 Å². The van der Waals surface area contributed by atoms with Gasteiger partial charge in [0, 0.05) is 43.1 Å². The van der Waals surface area contributed by atoms with Crippen LogP contribution < -0.4 is 10.6 Å². The molecular weight excluding hydrogens is 469 g/mol. The Morgan fingerprint density at radius 2 is 2.14 bits per heavy atom. The fraction of sp³-hybridized carbons (Fsp3) is 0.417. The highest BCUT2D eigenvalue weighted by Gasteiger charge is 2.31. The van der Waals surface area contributed by atoms with Crippen LogP contribution >= 0.6 is 0 Å². The van der Waals surface area contributed by atoms with Gasteiger partial charge in [0.25, 0.3) is 5.91 Å². The molecular formula is C24H26FN7O4. The Balaban J connectivity index is 1.46. The standard InChI is InChI=1S/C24H26FN7O4/c1-26-21-7-17(29-23-14(8-28-32(21)23)24(34)30-18-11-36-12-20(18)33)15-9-31(19-4-6-35-10-16(19)25)22-13(15)3-2-5-27-22/h2-3,5,7-9,16,18-20,26,33H,4,6,10-12H2,1H3,(H,30,34)/t16-,18?,19+,20+/m1/s1. The lowest BCUT2D eigenvalue weighted by Gasteiger charge is -2.27. The number of nitrogens with zero attached hydrogens (tertiary/aromatic N) is 5. The number of hydrogen-bond donors (Lipinski definition) is 3. The third kappa shape index (κ3) is 3.77. The normalized spacial score (nSPS) is 24.4. The largest absolute Gasteiger partial charge is 0.388 e. The zero-order valence-corrected chi connectivity index (χ0v) is 19.6. The summed E-state index contributed by atoms with van der Waals surface area (Å²) in [6, 6.07) is 4.69. The molecule has 1 amide bonds. The average Bonchev–Trinajstić information content (AvgIpc) is 3.61. The second kappa shape index (κ2) is 9.12. The number of aliphatic hydroxyl groups excluding tert-OH is 1. The SMILES string of the molecule is CNc1cc(-c2cn([C@H]3CCOC[C@H]3F)c3ncccc23)nc2c(C(=O)NC3COC[C@@H]3O)cnn12. The number of nitrogens with one attached hydrogen (secondary N) is 2. The van der Waals surface area contributed by atoms with Crippen LogP contribution in [0.15, 0.2) is 36.8 Å². The summed E-state index contributed by atoms with van der Waals surface area (Å²) in [6.07, 6.45) is 3.64. The quantitative estimate of drug-likeness (QED) is 0.381. The van der Waals surface area contributed by atoms with E-state index in [4.69, 9.17) is 14.5 Å². The van der Waals surface area contributed by atoms with Crippen molar-refractivity contribution in [3.8, 4) is 11.3 Å². The number of anilines is 1. The number of ether oxygens (including phenoxy) is 2. The number of carbonyl (C=O) groups excluding carboxylic acids is 1. The molecule has 12 heteroatoms. The minimum Gasteiger partial charge on any atom is -0.388 e. The van der Waals surface area contributed by atoms with E-state index in [9.17, 15) is 14.3 Å². The van der Waals surface area contributed by atoms with Crippen molar-refractivity contribution >= 4 is 28.4 Å². The second-order valence-corrected chi connectivity index (χ2v) is 9.03. The lowest BCUT2D eigenvalue weighted by Crippen LogP contribution is -2.42. The lowest BCUT2D eigenvalue weighted by atomic mass is 10.1. The summed E-state index contributed by atoms with van der Waals surface area (Å²) in [5.74, 6) is 0.218. The molecule has 0 spiro atoms. The number of aromatic nitrogens is 5. The van der Waals surface area contributed by atoms with Crippen molar-refractivity contribution < 1.29 is 23.8 Å². The third-order valence-electron chi connectivity index (χ3n) is 6.81. The van der Waals surface area contributed by atoms with Crippen LogP contribution in [0.4, 0.5) is 10.2 Å². The van der Waals surface area contributed by atoms with Crippen molar-refractivity contribution in [2.45, 2.75) is 30.8 Å². The molecule has 2 fully saturated rings. The van der Waals surface area contributed by atoms with E-state index in [0.29, 0.717) is 35.8 Å². The number of aliphatic hydroxyl groups is 1. The average molecular weight is 496 g/mol. The van der Waals surface area contributed by atoms with E-state index in [1.807, 2.05) is 29.0 Å².